The first-order valence-electron chi connectivity index (χ1n) is 13.2. The Kier molecular flexibility index (Phi) is 6.62. The zero-order valence-electron chi connectivity index (χ0n) is 20.5. The van der Waals surface area contributed by atoms with Gasteiger partial charge in [0.15, 0.2) is 0 Å². The van der Waals surface area contributed by atoms with E-state index in [0.29, 0.717) is 23.7 Å². The Morgan fingerprint density at radius 1 is 0.839 bits per heavy atom. The van der Waals surface area contributed by atoms with E-state index in [-0.39, 0.29) is 34.7 Å². The molecule has 180 valence electrons. The SMILES string of the molecule is CC(C)CCC[C@@H](C)[C@H]1C(O)C(O)[C@H]2[C@@H]3[C@H](O)C[C@@H]4C[C@H](O)CC[C@]4(C)[C@H]3CC[C@]12C. The first-order valence-corrected chi connectivity index (χ1v) is 13.2. The van der Waals surface area contributed by atoms with Gasteiger partial charge in [0.25, 0.3) is 0 Å². The second-order valence-electron chi connectivity index (χ2n) is 13.0. The molecule has 0 spiro atoms. The van der Waals surface area contributed by atoms with Crippen molar-refractivity contribution < 1.29 is 20.4 Å². The molecular weight excluding hydrogens is 388 g/mol. The van der Waals surface area contributed by atoms with Gasteiger partial charge in [-0.3, -0.25) is 0 Å². The molecule has 4 aliphatic carbocycles. The van der Waals surface area contributed by atoms with Crippen LogP contribution in [-0.2, 0) is 0 Å². The van der Waals surface area contributed by atoms with Crippen LogP contribution in [0.3, 0.4) is 0 Å². The number of fused-ring (bicyclic) bond motifs is 5. The Balaban J connectivity index is 1.59. The molecule has 0 aromatic heterocycles. The summed E-state index contributed by atoms with van der Waals surface area (Å²) in [5, 5.41) is 44.3. The van der Waals surface area contributed by atoms with Crippen LogP contribution in [0.4, 0.5) is 0 Å². The molecule has 0 aliphatic heterocycles. The molecule has 0 radical (unpaired) electrons. The van der Waals surface area contributed by atoms with E-state index in [1.54, 1.807) is 0 Å². The van der Waals surface area contributed by atoms with Crippen molar-refractivity contribution in [3.8, 4) is 0 Å². The van der Waals surface area contributed by atoms with Crippen LogP contribution in [0.2, 0.25) is 0 Å². The Morgan fingerprint density at radius 2 is 1.52 bits per heavy atom. The summed E-state index contributed by atoms with van der Waals surface area (Å²) in [6, 6.07) is 0. The molecule has 0 saturated heterocycles. The second kappa shape index (κ2) is 8.56. The van der Waals surface area contributed by atoms with Crippen LogP contribution in [0.15, 0.2) is 0 Å². The first-order chi connectivity index (χ1) is 14.5. The standard InChI is InChI=1S/C27H48O4/c1-15(2)7-6-8-16(3)22-24(30)25(31)23-21-19(10-12-27(22,23)5)26(4)11-9-18(28)13-17(26)14-20(21)29/h15-25,28-31H,6-14H2,1-5H3/t16-,17+,18-,19+,20-,21+,22+,23-,24?,25?,26+,27-/m1/s1. The van der Waals surface area contributed by atoms with Crippen molar-refractivity contribution in [2.75, 3.05) is 0 Å². The highest BCUT2D eigenvalue weighted by Gasteiger charge is 2.67. The predicted molar refractivity (Wildman–Crippen MR) is 123 cm³/mol. The van der Waals surface area contributed by atoms with Crippen LogP contribution in [-0.4, -0.2) is 44.8 Å². The fourth-order valence-corrected chi connectivity index (χ4v) is 9.33. The average Bonchev–Trinajstić information content (AvgIpc) is 2.89. The summed E-state index contributed by atoms with van der Waals surface area (Å²) in [6.07, 6.45) is 6.92. The molecule has 4 fully saturated rings. The van der Waals surface area contributed by atoms with Gasteiger partial charge in [-0.05, 0) is 90.8 Å². The highest BCUT2D eigenvalue weighted by atomic mass is 16.3. The van der Waals surface area contributed by atoms with E-state index in [1.165, 1.54) is 12.8 Å². The molecular formula is C27H48O4. The predicted octanol–water partition coefficient (Wildman–Crippen LogP) is 4.38. The summed E-state index contributed by atoms with van der Waals surface area (Å²) < 4.78 is 0. The largest absolute Gasteiger partial charge is 0.393 e. The van der Waals surface area contributed by atoms with Gasteiger partial charge in [-0.1, -0.05) is 53.9 Å². The van der Waals surface area contributed by atoms with E-state index in [9.17, 15) is 20.4 Å². The minimum absolute atomic E-state index is 0.0292. The van der Waals surface area contributed by atoms with Crippen LogP contribution >= 0.6 is 0 Å². The number of hydrogen-bond acceptors (Lipinski definition) is 4. The van der Waals surface area contributed by atoms with Crippen molar-refractivity contribution in [1.29, 1.82) is 0 Å². The summed E-state index contributed by atoms with van der Waals surface area (Å²) in [4.78, 5) is 0. The third-order valence-corrected chi connectivity index (χ3v) is 10.9. The third kappa shape index (κ3) is 3.82. The maximum Gasteiger partial charge on any atom is 0.0839 e. The van der Waals surface area contributed by atoms with E-state index >= 15 is 0 Å². The normalized spacial score (nSPS) is 53.0. The molecule has 0 amide bonds. The van der Waals surface area contributed by atoms with E-state index in [0.717, 1.165) is 44.9 Å². The van der Waals surface area contributed by atoms with Gasteiger partial charge in [0.2, 0.25) is 0 Å². The zero-order valence-corrected chi connectivity index (χ0v) is 20.5. The lowest BCUT2D eigenvalue weighted by Crippen LogP contribution is -2.60. The first kappa shape index (κ1) is 24.0. The summed E-state index contributed by atoms with van der Waals surface area (Å²) in [6.45, 7) is 11.5. The molecule has 0 bridgehead atoms. The van der Waals surface area contributed by atoms with Crippen LogP contribution in [0.5, 0.6) is 0 Å². The summed E-state index contributed by atoms with van der Waals surface area (Å²) in [7, 11) is 0. The van der Waals surface area contributed by atoms with E-state index < -0.39 is 18.3 Å². The highest BCUT2D eigenvalue weighted by Crippen LogP contribution is 2.68. The van der Waals surface area contributed by atoms with Gasteiger partial charge in [-0.25, -0.2) is 0 Å². The lowest BCUT2D eigenvalue weighted by atomic mass is 9.43. The van der Waals surface area contributed by atoms with Gasteiger partial charge < -0.3 is 20.4 Å². The van der Waals surface area contributed by atoms with Gasteiger partial charge in [0.1, 0.15) is 0 Å². The minimum Gasteiger partial charge on any atom is -0.393 e. The minimum atomic E-state index is -0.737. The Bertz CT molecular complexity index is 637. The van der Waals surface area contributed by atoms with E-state index in [2.05, 4.69) is 34.6 Å². The fraction of sp³-hybridized carbons (Fsp3) is 1.00. The van der Waals surface area contributed by atoms with Crippen molar-refractivity contribution in [2.24, 2.45) is 52.3 Å². The topological polar surface area (TPSA) is 80.9 Å². The van der Waals surface area contributed by atoms with Crippen LogP contribution in [0, 0.1) is 52.3 Å². The molecule has 31 heavy (non-hydrogen) atoms. The molecule has 12 atom stereocenters. The molecule has 0 heterocycles. The van der Waals surface area contributed by atoms with Gasteiger partial charge in [0.05, 0.1) is 24.4 Å². The van der Waals surface area contributed by atoms with Crippen LogP contribution in [0.1, 0.15) is 92.4 Å². The fourth-order valence-electron chi connectivity index (χ4n) is 9.33. The van der Waals surface area contributed by atoms with Crippen molar-refractivity contribution >= 4 is 0 Å². The van der Waals surface area contributed by atoms with Gasteiger partial charge in [-0.15, -0.1) is 0 Å². The Hall–Kier alpha value is -0.160. The molecule has 4 aliphatic rings. The molecule has 4 N–H and O–H groups in total. The van der Waals surface area contributed by atoms with Crippen molar-refractivity contribution in [3.63, 3.8) is 0 Å². The quantitative estimate of drug-likeness (QED) is 0.515. The Morgan fingerprint density at radius 3 is 2.19 bits per heavy atom. The smallest absolute Gasteiger partial charge is 0.0839 e. The summed E-state index contributed by atoms with van der Waals surface area (Å²) in [5.74, 6) is 1.96. The summed E-state index contributed by atoms with van der Waals surface area (Å²) >= 11 is 0. The number of rotatable bonds is 5. The van der Waals surface area contributed by atoms with E-state index in [4.69, 9.17) is 0 Å². The number of aliphatic hydroxyl groups is 4. The molecule has 4 rings (SSSR count). The zero-order chi connectivity index (χ0) is 22.7. The van der Waals surface area contributed by atoms with Gasteiger partial charge >= 0.3 is 0 Å². The average molecular weight is 437 g/mol. The van der Waals surface area contributed by atoms with E-state index in [1.807, 2.05) is 0 Å². The second-order valence-corrected chi connectivity index (χ2v) is 13.0. The lowest BCUT2D eigenvalue weighted by molar-refractivity contribution is -0.185. The maximum absolute atomic E-state index is 11.4. The molecule has 4 heteroatoms. The molecule has 4 nitrogen and oxygen atoms in total. The molecule has 2 unspecified atom stereocenters. The van der Waals surface area contributed by atoms with Crippen LogP contribution < -0.4 is 0 Å². The van der Waals surface area contributed by atoms with Gasteiger partial charge in [-0.2, -0.15) is 0 Å². The van der Waals surface area contributed by atoms with Gasteiger partial charge in [0, 0.05) is 0 Å². The Labute approximate surface area is 189 Å². The lowest BCUT2D eigenvalue weighted by Gasteiger charge is -2.62. The molecule has 0 aromatic carbocycles. The van der Waals surface area contributed by atoms with Crippen LogP contribution in [0.25, 0.3) is 0 Å². The molecule has 4 saturated carbocycles. The summed E-state index contributed by atoms with van der Waals surface area (Å²) in [5.41, 5.74) is 0.0195. The third-order valence-electron chi connectivity index (χ3n) is 10.9. The molecule has 0 aromatic rings. The monoisotopic (exact) mass is 436 g/mol. The number of hydrogen-bond donors (Lipinski definition) is 4. The highest BCUT2D eigenvalue weighted by molar-refractivity contribution is 5.16. The maximum atomic E-state index is 11.4. The van der Waals surface area contributed by atoms with Crippen molar-refractivity contribution in [2.45, 2.75) is 117 Å². The van der Waals surface area contributed by atoms with Crippen molar-refractivity contribution in [3.05, 3.63) is 0 Å². The number of aliphatic hydroxyl groups excluding tert-OH is 4. The van der Waals surface area contributed by atoms with Crippen molar-refractivity contribution in [1.82, 2.24) is 0 Å².